The van der Waals surface area contributed by atoms with Crippen LogP contribution in [0.15, 0.2) is 42.7 Å². The summed E-state index contributed by atoms with van der Waals surface area (Å²) in [5.74, 6) is -1.20. The molecule has 1 fully saturated rings. The first-order valence-corrected chi connectivity index (χ1v) is 10.2. The van der Waals surface area contributed by atoms with Gasteiger partial charge in [0.2, 0.25) is 11.8 Å². The zero-order chi connectivity index (χ0) is 23.0. The number of hydrogen-bond acceptors (Lipinski definition) is 4. The van der Waals surface area contributed by atoms with E-state index in [1.54, 1.807) is 16.9 Å². The summed E-state index contributed by atoms with van der Waals surface area (Å²) >= 11 is 0. The lowest BCUT2D eigenvalue weighted by Gasteiger charge is -2.17. The summed E-state index contributed by atoms with van der Waals surface area (Å²) in [5.41, 5.74) is 0.807. The number of likely N-dealkylation sites (tertiary alicyclic amines) is 1. The first kappa shape index (κ1) is 21.8. The molecule has 10 heteroatoms. The molecule has 3 aromatic rings. The van der Waals surface area contributed by atoms with E-state index in [9.17, 15) is 22.8 Å². The molecule has 32 heavy (non-hydrogen) atoms. The van der Waals surface area contributed by atoms with Crippen molar-refractivity contribution in [2.45, 2.75) is 39.0 Å². The van der Waals surface area contributed by atoms with Gasteiger partial charge in [-0.1, -0.05) is 12.1 Å². The van der Waals surface area contributed by atoms with Gasteiger partial charge < -0.3 is 10.2 Å². The van der Waals surface area contributed by atoms with Gasteiger partial charge in [0, 0.05) is 30.9 Å². The smallest absolute Gasteiger partial charge is 0.338 e. The minimum atomic E-state index is -4.45. The van der Waals surface area contributed by atoms with E-state index in [1.165, 1.54) is 23.2 Å². The molecule has 2 amide bonds. The average molecular weight is 445 g/mol. The van der Waals surface area contributed by atoms with Gasteiger partial charge in [0.25, 0.3) is 0 Å². The monoisotopic (exact) mass is 445 g/mol. The third-order valence-corrected chi connectivity index (χ3v) is 5.40. The lowest BCUT2D eigenvalue weighted by atomic mass is 10.1. The van der Waals surface area contributed by atoms with Crippen molar-refractivity contribution in [2.24, 2.45) is 5.92 Å². The van der Waals surface area contributed by atoms with E-state index in [0.29, 0.717) is 16.9 Å². The maximum absolute atomic E-state index is 12.9. The Hall–Kier alpha value is -3.43. The van der Waals surface area contributed by atoms with Gasteiger partial charge in [-0.15, -0.1) is 0 Å². The summed E-state index contributed by atoms with van der Waals surface area (Å²) in [6.07, 6.45) is -1.23. The molecule has 1 aliphatic rings. The van der Waals surface area contributed by atoms with Crippen LogP contribution in [0.25, 0.3) is 11.0 Å². The van der Waals surface area contributed by atoms with Gasteiger partial charge in [-0.05, 0) is 37.6 Å². The highest BCUT2D eigenvalue weighted by atomic mass is 19.4. The van der Waals surface area contributed by atoms with Crippen LogP contribution >= 0.6 is 0 Å². The van der Waals surface area contributed by atoms with Crippen molar-refractivity contribution in [3.63, 3.8) is 0 Å². The molecule has 1 N–H and O–H groups in total. The van der Waals surface area contributed by atoms with Crippen LogP contribution in [0.4, 0.5) is 18.9 Å². The zero-order valence-corrected chi connectivity index (χ0v) is 17.6. The molecular formula is C22H22F3N5O2. The molecule has 168 valence electrons. The topological polar surface area (TPSA) is 80.1 Å². The Morgan fingerprint density at radius 3 is 2.75 bits per heavy atom. The number of carbonyl (C=O) groups is 2. The predicted molar refractivity (Wildman–Crippen MR) is 112 cm³/mol. The molecule has 3 heterocycles. The fourth-order valence-electron chi connectivity index (χ4n) is 3.80. The largest absolute Gasteiger partial charge is 0.416 e. The molecule has 0 bridgehead atoms. The highest BCUT2D eigenvalue weighted by Gasteiger charge is 2.35. The summed E-state index contributed by atoms with van der Waals surface area (Å²) < 4.78 is 40.6. The van der Waals surface area contributed by atoms with E-state index >= 15 is 0 Å². The van der Waals surface area contributed by atoms with Crippen molar-refractivity contribution >= 4 is 28.5 Å². The number of benzene rings is 1. The Balaban J connectivity index is 1.42. The molecule has 1 aromatic carbocycles. The highest BCUT2D eigenvalue weighted by Crippen LogP contribution is 2.30. The third-order valence-electron chi connectivity index (χ3n) is 5.40. The molecule has 1 atom stereocenters. The lowest BCUT2D eigenvalue weighted by molar-refractivity contribution is -0.137. The van der Waals surface area contributed by atoms with Crippen molar-refractivity contribution in [3.05, 3.63) is 53.9 Å². The number of nitrogens with zero attached hydrogens (tertiary/aromatic N) is 4. The maximum atomic E-state index is 12.9. The molecule has 0 saturated carbocycles. The molecule has 1 aliphatic heterocycles. The summed E-state index contributed by atoms with van der Waals surface area (Å²) in [4.78, 5) is 30.9. The van der Waals surface area contributed by atoms with E-state index in [4.69, 9.17) is 0 Å². The number of rotatable bonds is 5. The number of alkyl halides is 3. The van der Waals surface area contributed by atoms with Crippen molar-refractivity contribution in [2.75, 3.05) is 11.9 Å². The van der Waals surface area contributed by atoms with Gasteiger partial charge in [0.15, 0.2) is 5.65 Å². The molecule has 1 saturated heterocycles. The third kappa shape index (κ3) is 4.44. The first-order valence-electron chi connectivity index (χ1n) is 10.2. The molecule has 7 nitrogen and oxygen atoms in total. The molecular weight excluding hydrogens is 423 g/mol. The van der Waals surface area contributed by atoms with Crippen molar-refractivity contribution in [1.82, 2.24) is 19.7 Å². The SMILES string of the molecule is CC(C)n1ncc2cc(NC(=O)C3CC(=O)N(Cc4cccc(C(F)(F)F)c4)C3)cnc21. The number of amides is 2. The van der Waals surface area contributed by atoms with Gasteiger partial charge in [-0.2, -0.15) is 18.3 Å². The van der Waals surface area contributed by atoms with E-state index in [0.717, 1.165) is 17.5 Å². The van der Waals surface area contributed by atoms with Gasteiger partial charge in [-0.3, -0.25) is 9.59 Å². The maximum Gasteiger partial charge on any atom is 0.416 e. The highest BCUT2D eigenvalue weighted by molar-refractivity contribution is 5.98. The van der Waals surface area contributed by atoms with Crippen LogP contribution < -0.4 is 5.32 Å². The van der Waals surface area contributed by atoms with Gasteiger partial charge in [-0.25, -0.2) is 9.67 Å². The van der Waals surface area contributed by atoms with Crippen LogP contribution in [0.5, 0.6) is 0 Å². The standard InChI is InChI=1S/C22H22F3N5O2/c1-13(2)30-20-15(9-27-30)7-18(10-26-20)28-21(32)16-8-19(31)29(12-16)11-14-4-3-5-17(6-14)22(23,24)25/h3-7,9-10,13,16H,8,11-12H2,1-2H3,(H,28,32). The van der Waals surface area contributed by atoms with E-state index in [2.05, 4.69) is 15.4 Å². The summed E-state index contributed by atoms with van der Waals surface area (Å²) in [7, 11) is 0. The Bertz CT molecular complexity index is 1170. The van der Waals surface area contributed by atoms with Crippen LogP contribution in [0, 0.1) is 5.92 Å². The number of fused-ring (bicyclic) bond motifs is 1. The number of hydrogen-bond donors (Lipinski definition) is 1. The number of aromatic nitrogens is 3. The predicted octanol–water partition coefficient (Wildman–Crippen LogP) is 4.02. The number of pyridine rings is 1. The van der Waals surface area contributed by atoms with E-state index < -0.39 is 17.7 Å². The molecule has 1 unspecified atom stereocenters. The quantitative estimate of drug-likeness (QED) is 0.643. The van der Waals surface area contributed by atoms with Crippen molar-refractivity contribution < 1.29 is 22.8 Å². The van der Waals surface area contributed by atoms with Gasteiger partial charge >= 0.3 is 6.18 Å². The molecule has 0 spiro atoms. The Kier molecular flexibility index (Phi) is 5.62. The molecule has 4 rings (SSSR count). The van der Waals surface area contributed by atoms with Crippen LogP contribution in [-0.2, 0) is 22.3 Å². The number of carbonyl (C=O) groups excluding carboxylic acids is 2. The summed E-state index contributed by atoms with van der Waals surface area (Å²) in [6, 6.07) is 6.78. The number of halogens is 3. The summed E-state index contributed by atoms with van der Waals surface area (Å²) in [6.45, 7) is 4.15. The normalized spacial score (nSPS) is 16.9. The Morgan fingerprint density at radius 1 is 1.25 bits per heavy atom. The van der Waals surface area contributed by atoms with Crippen LogP contribution in [0.3, 0.4) is 0 Å². The minimum absolute atomic E-state index is 0.00570. The second-order valence-corrected chi connectivity index (χ2v) is 8.18. The molecule has 2 aromatic heterocycles. The zero-order valence-electron chi connectivity index (χ0n) is 17.6. The fourth-order valence-corrected chi connectivity index (χ4v) is 3.80. The molecule has 0 aliphatic carbocycles. The lowest BCUT2D eigenvalue weighted by Crippen LogP contribution is -2.28. The number of anilines is 1. The Morgan fingerprint density at radius 2 is 2.03 bits per heavy atom. The Labute approximate surface area is 182 Å². The van der Waals surface area contributed by atoms with Crippen LogP contribution in [0.1, 0.15) is 37.4 Å². The number of nitrogens with one attached hydrogen (secondary N) is 1. The van der Waals surface area contributed by atoms with Crippen molar-refractivity contribution in [3.8, 4) is 0 Å². The van der Waals surface area contributed by atoms with Gasteiger partial charge in [0.05, 0.1) is 29.6 Å². The van der Waals surface area contributed by atoms with Crippen LogP contribution in [-0.4, -0.2) is 38.0 Å². The second-order valence-electron chi connectivity index (χ2n) is 8.18. The summed E-state index contributed by atoms with van der Waals surface area (Å²) in [5, 5.41) is 7.86. The average Bonchev–Trinajstić information content (AvgIpc) is 3.31. The van der Waals surface area contributed by atoms with E-state index in [1.807, 2.05) is 13.8 Å². The van der Waals surface area contributed by atoms with E-state index in [-0.39, 0.29) is 37.4 Å². The van der Waals surface area contributed by atoms with Crippen LogP contribution in [0.2, 0.25) is 0 Å². The van der Waals surface area contributed by atoms with Crippen molar-refractivity contribution in [1.29, 1.82) is 0 Å². The fraction of sp³-hybridized carbons (Fsp3) is 0.364. The minimum Gasteiger partial charge on any atom is -0.338 e. The molecule has 0 radical (unpaired) electrons. The van der Waals surface area contributed by atoms with Gasteiger partial charge in [0.1, 0.15) is 0 Å². The second kappa shape index (κ2) is 8.25. The first-order chi connectivity index (χ1) is 15.1.